The summed E-state index contributed by atoms with van der Waals surface area (Å²) in [6.45, 7) is 1.95. The molecule has 1 aromatic carbocycles. The van der Waals surface area contributed by atoms with Crippen LogP contribution in [-0.2, 0) is 15.8 Å². The summed E-state index contributed by atoms with van der Waals surface area (Å²) in [5.41, 5.74) is 2.52. The van der Waals surface area contributed by atoms with Crippen LogP contribution in [0.25, 0.3) is 11.2 Å². The Morgan fingerprint density at radius 1 is 1.30 bits per heavy atom. The highest BCUT2D eigenvalue weighted by atomic mass is 79.9. The van der Waals surface area contributed by atoms with Crippen molar-refractivity contribution in [3.05, 3.63) is 57.4 Å². The summed E-state index contributed by atoms with van der Waals surface area (Å²) in [7, 11) is -1.72. The molecule has 0 spiro atoms. The van der Waals surface area contributed by atoms with Gasteiger partial charge in [-0.05, 0) is 34.5 Å². The first-order chi connectivity index (χ1) is 11.0. The van der Waals surface area contributed by atoms with Crippen molar-refractivity contribution >= 4 is 56.0 Å². The van der Waals surface area contributed by atoms with E-state index in [1.165, 1.54) is 10.2 Å². The van der Waals surface area contributed by atoms with Crippen LogP contribution < -0.4 is 0 Å². The fourth-order valence-electron chi connectivity index (χ4n) is 2.17. The van der Waals surface area contributed by atoms with E-state index in [-0.39, 0.29) is 0 Å². The van der Waals surface area contributed by atoms with Gasteiger partial charge < -0.3 is 4.79 Å². The third kappa shape index (κ3) is 2.96. The molecule has 0 aliphatic carbocycles. The van der Waals surface area contributed by atoms with Gasteiger partial charge in [0.05, 0.1) is 5.02 Å². The fourth-order valence-corrected chi connectivity index (χ4v) is 4.33. The second-order valence-corrected chi connectivity index (χ2v) is 7.43. The molecule has 0 radical (unpaired) electrons. The lowest BCUT2D eigenvalue weighted by atomic mass is 10.1. The SMILES string of the molecule is Cc1ccc(C(C=O)S(=O)n2c(Br)nc3c(Cl)ccnc32)cc1. The molecule has 0 N–H and O–H groups in total. The van der Waals surface area contributed by atoms with E-state index in [4.69, 9.17) is 11.6 Å². The number of benzene rings is 1. The molecule has 0 amide bonds. The van der Waals surface area contributed by atoms with Crippen molar-refractivity contribution in [3.8, 4) is 0 Å². The Balaban J connectivity index is 2.12. The van der Waals surface area contributed by atoms with Crippen molar-refractivity contribution in [2.24, 2.45) is 0 Å². The Morgan fingerprint density at radius 3 is 2.65 bits per heavy atom. The van der Waals surface area contributed by atoms with Crippen molar-refractivity contribution in [2.75, 3.05) is 0 Å². The monoisotopic (exact) mass is 411 g/mol. The van der Waals surface area contributed by atoms with Crippen LogP contribution in [0.4, 0.5) is 0 Å². The summed E-state index contributed by atoms with van der Waals surface area (Å²) in [5.74, 6) is 0. The third-order valence-electron chi connectivity index (χ3n) is 3.35. The quantitative estimate of drug-likeness (QED) is 0.614. The average Bonchev–Trinajstić information content (AvgIpc) is 2.87. The molecule has 5 nitrogen and oxygen atoms in total. The highest BCUT2D eigenvalue weighted by molar-refractivity contribution is 9.10. The minimum atomic E-state index is -1.72. The number of aryl methyl sites for hydroxylation is 1. The van der Waals surface area contributed by atoms with Crippen molar-refractivity contribution in [1.29, 1.82) is 0 Å². The summed E-state index contributed by atoms with van der Waals surface area (Å²) >= 11 is 9.36. The molecule has 0 aliphatic heterocycles. The third-order valence-corrected chi connectivity index (χ3v) is 5.94. The van der Waals surface area contributed by atoms with Crippen LogP contribution in [0.2, 0.25) is 5.02 Å². The maximum Gasteiger partial charge on any atom is 0.191 e. The van der Waals surface area contributed by atoms with Gasteiger partial charge in [0.2, 0.25) is 0 Å². The first-order valence-corrected chi connectivity index (χ1v) is 8.98. The lowest BCUT2D eigenvalue weighted by Gasteiger charge is -2.12. The van der Waals surface area contributed by atoms with Gasteiger partial charge >= 0.3 is 0 Å². The maximum atomic E-state index is 13.0. The Kier molecular flexibility index (Phi) is 4.61. The molecular weight excluding hydrogens is 402 g/mol. The van der Waals surface area contributed by atoms with Gasteiger partial charge in [0.1, 0.15) is 28.0 Å². The summed E-state index contributed by atoms with van der Waals surface area (Å²) in [5, 5.41) is -0.422. The zero-order valence-corrected chi connectivity index (χ0v) is 15.1. The second-order valence-electron chi connectivity index (χ2n) is 4.88. The van der Waals surface area contributed by atoms with Crippen molar-refractivity contribution in [2.45, 2.75) is 12.2 Å². The fraction of sp³-hybridized carbons (Fsp3) is 0.133. The van der Waals surface area contributed by atoms with Crippen LogP contribution in [0, 0.1) is 6.92 Å². The minimum Gasteiger partial charge on any atom is -0.302 e. The highest BCUT2D eigenvalue weighted by Gasteiger charge is 2.25. The Bertz CT molecular complexity index is 911. The van der Waals surface area contributed by atoms with Crippen LogP contribution in [0.3, 0.4) is 0 Å². The number of rotatable bonds is 4. The van der Waals surface area contributed by atoms with Gasteiger partial charge in [-0.25, -0.2) is 18.1 Å². The number of imidazole rings is 1. The normalized spacial score (nSPS) is 13.9. The molecule has 2 atom stereocenters. The van der Waals surface area contributed by atoms with Gasteiger partial charge in [0.15, 0.2) is 10.4 Å². The number of aromatic nitrogens is 3. The summed E-state index contributed by atoms with van der Waals surface area (Å²) < 4.78 is 14.6. The minimum absolute atomic E-state index is 0.311. The zero-order chi connectivity index (χ0) is 16.6. The van der Waals surface area contributed by atoms with E-state index in [1.807, 2.05) is 19.1 Å². The highest BCUT2D eigenvalue weighted by Crippen LogP contribution is 2.29. The molecule has 2 aromatic heterocycles. The van der Waals surface area contributed by atoms with Crippen molar-refractivity contribution in [3.63, 3.8) is 0 Å². The predicted octanol–water partition coefficient (Wildman–Crippen LogP) is 3.61. The van der Waals surface area contributed by atoms with E-state index in [2.05, 4.69) is 25.9 Å². The molecule has 23 heavy (non-hydrogen) atoms. The topological polar surface area (TPSA) is 64.8 Å². The average molecular weight is 413 g/mol. The molecule has 0 bridgehead atoms. The van der Waals surface area contributed by atoms with Gasteiger partial charge in [-0.1, -0.05) is 41.4 Å². The van der Waals surface area contributed by atoms with Crippen LogP contribution >= 0.6 is 27.5 Å². The number of hydrogen-bond acceptors (Lipinski definition) is 4. The Hall–Kier alpha value is -1.57. The van der Waals surface area contributed by atoms with Gasteiger partial charge in [0.25, 0.3) is 0 Å². The molecule has 3 rings (SSSR count). The summed E-state index contributed by atoms with van der Waals surface area (Å²) in [6.07, 6.45) is 2.18. The molecule has 0 aliphatic rings. The smallest absolute Gasteiger partial charge is 0.191 e. The lowest BCUT2D eigenvalue weighted by Crippen LogP contribution is -2.16. The molecular formula is C15H11BrClN3O2S. The van der Waals surface area contributed by atoms with E-state index >= 15 is 0 Å². The maximum absolute atomic E-state index is 13.0. The zero-order valence-electron chi connectivity index (χ0n) is 11.9. The van der Waals surface area contributed by atoms with Crippen LogP contribution in [0.5, 0.6) is 0 Å². The number of halogens is 2. The largest absolute Gasteiger partial charge is 0.302 e. The molecule has 2 unspecified atom stereocenters. The molecule has 118 valence electrons. The van der Waals surface area contributed by atoms with E-state index in [0.29, 0.717) is 32.8 Å². The van der Waals surface area contributed by atoms with Crippen LogP contribution in [-0.4, -0.2) is 24.4 Å². The van der Waals surface area contributed by atoms with Crippen molar-refractivity contribution < 1.29 is 9.00 Å². The number of fused-ring (bicyclic) bond motifs is 1. The second kappa shape index (κ2) is 6.51. The van der Waals surface area contributed by atoms with E-state index < -0.39 is 16.2 Å². The van der Waals surface area contributed by atoms with Crippen molar-refractivity contribution in [1.82, 2.24) is 13.9 Å². The summed E-state index contributed by atoms with van der Waals surface area (Å²) in [6, 6.07) is 8.94. The van der Waals surface area contributed by atoms with Gasteiger partial charge in [0, 0.05) is 6.20 Å². The first kappa shape index (κ1) is 16.3. The number of nitrogens with zero attached hydrogens (tertiary/aromatic N) is 3. The molecule has 0 saturated carbocycles. The summed E-state index contributed by atoms with van der Waals surface area (Å²) in [4.78, 5) is 20.0. The molecule has 0 fully saturated rings. The van der Waals surface area contributed by atoms with Gasteiger partial charge in [-0.15, -0.1) is 0 Å². The number of carbonyl (C=O) groups is 1. The standard InChI is InChI=1S/C15H11BrClN3O2S/c1-9-2-4-10(5-3-9)12(8-21)23(22)20-14-13(19-15(20)16)11(17)6-7-18-14/h2-8,12H,1H3. The lowest BCUT2D eigenvalue weighted by molar-refractivity contribution is -0.107. The van der Waals surface area contributed by atoms with E-state index in [9.17, 15) is 9.00 Å². The molecule has 2 heterocycles. The van der Waals surface area contributed by atoms with E-state index in [0.717, 1.165) is 5.56 Å². The first-order valence-electron chi connectivity index (χ1n) is 6.64. The predicted molar refractivity (Wildman–Crippen MR) is 93.8 cm³/mol. The number of pyridine rings is 1. The molecule has 0 saturated heterocycles. The van der Waals surface area contributed by atoms with Gasteiger partial charge in [-0.3, -0.25) is 0 Å². The van der Waals surface area contributed by atoms with Crippen LogP contribution in [0.1, 0.15) is 16.4 Å². The number of aldehydes is 1. The number of carbonyl (C=O) groups excluding carboxylic acids is 1. The molecule has 3 aromatic rings. The van der Waals surface area contributed by atoms with Gasteiger partial charge in [-0.2, -0.15) is 0 Å². The van der Waals surface area contributed by atoms with E-state index in [1.54, 1.807) is 18.2 Å². The Labute approximate surface area is 148 Å². The van der Waals surface area contributed by atoms with Crippen LogP contribution in [0.15, 0.2) is 41.3 Å². The Morgan fingerprint density at radius 2 is 2.00 bits per heavy atom. The molecule has 8 heteroatoms. The number of hydrogen-bond donors (Lipinski definition) is 0.